The van der Waals surface area contributed by atoms with Gasteiger partial charge in [-0.25, -0.2) is 0 Å². The fourth-order valence-electron chi connectivity index (χ4n) is 4.68. The van der Waals surface area contributed by atoms with E-state index in [0.29, 0.717) is 5.78 Å². The van der Waals surface area contributed by atoms with E-state index in [1.54, 1.807) is 7.05 Å². The van der Waals surface area contributed by atoms with Crippen molar-refractivity contribution in [2.45, 2.75) is 39.0 Å². The van der Waals surface area contributed by atoms with Gasteiger partial charge in [0.05, 0.1) is 12.7 Å². The lowest BCUT2D eigenvalue weighted by atomic mass is 9.61. The molecule has 0 radical (unpaired) electrons. The number of carbonyl (C=O) groups excluding carboxylic acids is 1. The second-order valence-electron chi connectivity index (χ2n) is 6.91. The van der Waals surface area contributed by atoms with Crippen LogP contribution in [0.5, 0.6) is 0 Å². The Labute approximate surface area is 130 Å². The number of fused-ring (bicyclic) bond motifs is 3. The number of hydrogen-bond acceptors (Lipinski definition) is 3. The summed E-state index contributed by atoms with van der Waals surface area (Å²) in [6.07, 6.45) is 7.43. The molecule has 3 aliphatic rings. The summed E-state index contributed by atoms with van der Waals surface area (Å²) in [5.74, 6) is 0.584. The van der Waals surface area contributed by atoms with Crippen molar-refractivity contribution in [1.29, 1.82) is 0 Å². The Bertz CT molecular complexity index is 719. The first-order chi connectivity index (χ1) is 10.6. The van der Waals surface area contributed by atoms with Crippen LogP contribution in [0.15, 0.2) is 28.5 Å². The topological polar surface area (TPSA) is 53.8 Å². The summed E-state index contributed by atoms with van der Waals surface area (Å²) in [6.45, 7) is 2.09. The average molecular weight is 295 g/mol. The molecule has 4 rings (SSSR count). The monoisotopic (exact) mass is 295 g/mol. The molecule has 1 fully saturated rings. The van der Waals surface area contributed by atoms with Gasteiger partial charge in [-0.1, -0.05) is 23.8 Å². The molecule has 2 bridgehead atoms. The maximum absolute atomic E-state index is 12.4. The van der Waals surface area contributed by atoms with Crippen molar-refractivity contribution in [3.63, 3.8) is 0 Å². The predicted molar refractivity (Wildman–Crippen MR) is 86.7 cm³/mol. The van der Waals surface area contributed by atoms with Crippen molar-refractivity contribution in [3.05, 3.63) is 34.9 Å². The fraction of sp³-hybridized carbons (Fsp3) is 0.500. The molecule has 1 aromatic rings. The van der Waals surface area contributed by atoms with Crippen molar-refractivity contribution in [3.8, 4) is 0 Å². The quantitative estimate of drug-likeness (QED) is 0.659. The van der Waals surface area contributed by atoms with Crippen LogP contribution in [0.25, 0.3) is 5.57 Å². The maximum atomic E-state index is 12.4. The lowest BCUT2D eigenvalue weighted by molar-refractivity contribution is -0.120. The molecule has 0 heterocycles. The SMILES string of the molecule is CN=NNc1c(C)ccc2c1CC13CCCC(C1)C(=O)C=C23. The zero-order valence-corrected chi connectivity index (χ0v) is 13.1. The Hall–Kier alpha value is -1.97. The van der Waals surface area contributed by atoms with Crippen LogP contribution in [0, 0.1) is 18.3 Å². The molecule has 0 aliphatic heterocycles. The van der Waals surface area contributed by atoms with Gasteiger partial charge in [-0.2, -0.15) is 5.11 Å². The Morgan fingerprint density at radius 1 is 1.36 bits per heavy atom. The number of benzene rings is 1. The molecule has 1 aromatic carbocycles. The van der Waals surface area contributed by atoms with Gasteiger partial charge in [-0.3, -0.25) is 10.2 Å². The van der Waals surface area contributed by atoms with Gasteiger partial charge < -0.3 is 0 Å². The first-order valence-corrected chi connectivity index (χ1v) is 8.08. The molecule has 0 amide bonds. The van der Waals surface area contributed by atoms with Gasteiger partial charge in [-0.15, -0.1) is 0 Å². The standard InChI is InChI=1S/C18H21N3O/c1-11-5-6-13-14(17(11)20-21-19-2)10-18-7-3-4-12(9-18)16(22)8-15(13)18/h5-6,8,12H,3-4,7,9-10H2,1-2H3,(H,19,20). The van der Waals surface area contributed by atoms with Crippen molar-refractivity contribution >= 4 is 17.0 Å². The van der Waals surface area contributed by atoms with E-state index in [0.717, 1.165) is 31.4 Å². The van der Waals surface area contributed by atoms with Crippen LogP contribution in [0.4, 0.5) is 5.69 Å². The van der Waals surface area contributed by atoms with Gasteiger partial charge in [0.1, 0.15) is 0 Å². The lowest BCUT2D eigenvalue weighted by Gasteiger charge is -2.41. The molecule has 0 aromatic heterocycles. The molecule has 1 spiro atoms. The van der Waals surface area contributed by atoms with Crippen molar-refractivity contribution in [2.24, 2.45) is 21.7 Å². The molecule has 0 saturated heterocycles. The number of carbonyl (C=O) groups is 1. The first-order valence-electron chi connectivity index (χ1n) is 8.08. The van der Waals surface area contributed by atoms with Crippen LogP contribution in [0.1, 0.15) is 42.4 Å². The van der Waals surface area contributed by atoms with Crippen LogP contribution in [-0.4, -0.2) is 12.8 Å². The zero-order chi connectivity index (χ0) is 15.3. The normalized spacial score (nSPS) is 29.3. The summed E-state index contributed by atoms with van der Waals surface area (Å²) in [6, 6.07) is 4.30. The maximum Gasteiger partial charge on any atom is 0.159 e. The van der Waals surface area contributed by atoms with Gasteiger partial charge >= 0.3 is 0 Å². The van der Waals surface area contributed by atoms with E-state index < -0.39 is 0 Å². The third-order valence-electron chi connectivity index (χ3n) is 5.69. The summed E-state index contributed by atoms with van der Waals surface area (Å²) in [5, 5.41) is 7.78. The smallest absolute Gasteiger partial charge is 0.159 e. The van der Waals surface area contributed by atoms with Gasteiger partial charge in [-0.05, 0) is 60.9 Å². The molecule has 3 aliphatic carbocycles. The second-order valence-corrected chi connectivity index (χ2v) is 6.91. The zero-order valence-electron chi connectivity index (χ0n) is 13.1. The second kappa shape index (κ2) is 4.77. The number of rotatable bonds is 2. The molecule has 22 heavy (non-hydrogen) atoms. The van der Waals surface area contributed by atoms with E-state index in [1.807, 2.05) is 6.08 Å². The van der Waals surface area contributed by atoms with Crippen LogP contribution in [0.2, 0.25) is 0 Å². The highest BCUT2D eigenvalue weighted by Gasteiger charge is 2.49. The molecule has 2 atom stereocenters. The van der Waals surface area contributed by atoms with Crippen LogP contribution in [-0.2, 0) is 11.2 Å². The number of nitrogens with one attached hydrogen (secondary N) is 1. The number of ketones is 1. The molecular weight excluding hydrogens is 274 g/mol. The van der Waals surface area contributed by atoms with Gasteiger partial charge in [0, 0.05) is 11.3 Å². The fourth-order valence-corrected chi connectivity index (χ4v) is 4.68. The Kier molecular flexibility index (Phi) is 2.96. The minimum absolute atomic E-state index is 0.187. The van der Waals surface area contributed by atoms with E-state index in [9.17, 15) is 4.79 Å². The predicted octanol–water partition coefficient (Wildman–Crippen LogP) is 4.10. The molecule has 4 heteroatoms. The summed E-state index contributed by atoms with van der Waals surface area (Å²) in [7, 11) is 1.66. The number of nitrogens with zero attached hydrogens (tertiary/aromatic N) is 2. The highest BCUT2D eigenvalue weighted by molar-refractivity contribution is 6.03. The molecule has 4 nitrogen and oxygen atoms in total. The van der Waals surface area contributed by atoms with Crippen LogP contribution in [0.3, 0.4) is 0 Å². The van der Waals surface area contributed by atoms with Crippen molar-refractivity contribution < 1.29 is 4.79 Å². The van der Waals surface area contributed by atoms with Crippen molar-refractivity contribution in [2.75, 3.05) is 12.5 Å². The highest BCUT2D eigenvalue weighted by Crippen LogP contribution is 2.59. The largest absolute Gasteiger partial charge is 0.295 e. The van der Waals surface area contributed by atoms with Crippen LogP contribution < -0.4 is 5.43 Å². The van der Waals surface area contributed by atoms with Gasteiger partial charge in [0.25, 0.3) is 0 Å². The molecule has 1 N–H and O–H groups in total. The Morgan fingerprint density at radius 3 is 3.05 bits per heavy atom. The van der Waals surface area contributed by atoms with E-state index in [1.165, 1.54) is 28.7 Å². The number of hydrogen-bond donors (Lipinski definition) is 1. The molecule has 1 saturated carbocycles. The number of anilines is 1. The van der Waals surface area contributed by atoms with Crippen molar-refractivity contribution in [1.82, 2.24) is 0 Å². The minimum atomic E-state index is 0.187. The number of allylic oxidation sites excluding steroid dienone is 2. The minimum Gasteiger partial charge on any atom is -0.295 e. The third kappa shape index (κ3) is 1.79. The van der Waals surface area contributed by atoms with E-state index >= 15 is 0 Å². The summed E-state index contributed by atoms with van der Waals surface area (Å²) >= 11 is 0. The Morgan fingerprint density at radius 2 is 2.23 bits per heavy atom. The molecular formula is C18H21N3O. The Balaban J connectivity index is 1.87. The van der Waals surface area contributed by atoms with E-state index in [2.05, 4.69) is 34.8 Å². The van der Waals surface area contributed by atoms with E-state index in [-0.39, 0.29) is 11.3 Å². The van der Waals surface area contributed by atoms with E-state index in [4.69, 9.17) is 0 Å². The first kappa shape index (κ1) is 13.7. The summed E-state index contributed by atoms with van der Waals surface area (Å²) in [4.78, 5) is 12.4. The third-order valence-corrected chi connectivity index (χ3v) is 5.69. The van der Waals surface area contributed by atoms with Crippen LogP contribution >= 0.6 is 0 Å². The molecule has 114 valence electrons. The summed E-state index contributed by atoms with van der Waals surface area (Å²) < 4.78 is 0. The van der Waals surface area contributed by atoms with Gasteiger partial charge in [0.15, 0.2) is 5.78 Å². The van der Waals surface area contributed by atoms with Gasteiger partial charge in [0.2, 0.25) is 0 Å². The number of aryl methyl sites for hydroxylation is 1. The average Bonchev–Trinajstić information content (AvgIpc) is 2.80. The lowest BCUT2D eigenvalue weighted by Crippen LogP contribution is -2.35. The molecule has 2 unspecified atom stereocenters. The highest BCUT2D eigenvalue weighted by atomic mass is 16.1. The summed E-state index contributed by atoms with van der Waals surface area (Å²) in [5.41, 5.74) is 9.38.